The van der Waals surface area contributed by atoms with E-state index >= 15 is 0 Å². The first-order valence-electron chi connectivity index (χ1n) is 6.73. The number of hydrogen-bond donors (Lipinski definition) is 1. The van der Waals surface area contributed by atoms with Gasteiger partial charge < -0.3 is 10.2 Å². The third-order valence-corrected chi connectivity index (χ3v) is 3.59. The number of benzene rings is 1. The molecule has 0 aromatic heterocycles. The average Bonchev–Trinajstić information content (AvgIpc) is 2.83. The normalized spacial score (nSPS) is 18.9. The fourth-order valence-electron chi connectivity index (χ4n) is 2.43. The molecule has 0 saturated carbocycles. The summed E-state index contributed by atoms with van der Waals surface area (Å²) in [5, 5.41) is 13.5. The largest absolute Gasteiger partial charge is 0.355 e. The maximum absolute atomic E-state index is 11.8. The van der Waals surface area contributed by atoms with Crippen LogP contribution in [0.1, 0.15) is 12.0 Å². The van der Waals surface area contributed by atoms with E-state index in [1.807, 2.05) is 0 Å². The van der Waals surface area contributed by atoms with Crippen LogP contribution in [0.3, 0.4) is 0 Å². The van der Waals surface area contributed by atoms with Crippen LogP contribution in [0.5, 0.6) is 0 Å². The van der Waals surface area contributed by atoms with Gasteiger partial charge in [-0.25, -0.2) is 0 Å². The maximum atomic E-state index is 11.8. The molecule has 1 N–H and O–H groups in total. The highest BCUT2D eigenvalue weighted by Crippen LogP contribution is 2.14. The molecule has 1 amide bonds. The minimum absolute atomic E-state index is 0.0339. The van der Waals surface area contributed by atoms with Gasteiger partial charge in [0.2, 0.25) is 5.91 Å². The zero-order valence-electron chi connectivity index (χ0n) is 11.5. The second kappa shape index (κ2) is 6.47. The highest BCUT2D eigenvalue weighted by Gasteiger charge is 2.19. The number of hydrogen-bond acceptors (Lipinski definition) is 4. The SMILES string of the molecule is CN1CCC(CNC(=O)Cc2ccc([N+](=O)[O-])cc2)C1. The minimum Gasteiger partial charge on any atom is -0.355 e. The molecule has 1 aliphatic heterocycles. The van der Waals surface area contributed by atoms with Gasteiger partial charge in [0, 0.05) is 25.2 Å². The van der Waals surface area contributed by atoms with Crippen LogP contribution in [0.25, 0.3) is 0 Å². The highest BCUT2D eigenvalue weighted by atomic mass is 16.6. The fraction of sp³-hybridized carbons (Fsp3) is 0.500. The Morgan fingerprint density at radius 1 is 1.45 bits per heavy atom. The maximum Gasteiger partial charge on any atom is 0.269 e. The van der Waals surface area contributed by atoms with Crippen molar-refractivity contribution in [1.82, 2.24) is 10.2 Å². The predicted molar refractivity (Wildman–Crippen MR) is 75.4 cm³/mol. The van der Waals surface area contributed by atoms with Crippen LogP contribution < -0.4 is 5.32 Å². The Bertz CT molecular complexity index is 487. The zero-order valence-corrected chi connectivity index (χ0v) is 11.5. The lowest BCUT2D eigenvalue weighted by Gasteiger charge is -2.11. The molecule has 2 rings (SSSR count). The summed E-state index contributed by atoms with van der Waals surface area (Å²) in [4.78, 5) is 24.2. The number of likely N-dealkylation sites (tertiary alicyclic amines) is 1. The summed E-state index contributed by atoms with van der Waals surface area (Å²) in [5.74, 6) is 0.495. The number of amides is 1. The number of nitrogens with one attached hydrogen (secondary N) is 1. The predicted octanol–water partition coefficient (Wildman–Crippen LogP) is 1.21. The molecular formula is C14H19N3O3. The fourth-order valence-corrected chi connectivity index (χ4v) is 2.43. The van der Waals surface area contributed by atoms with Gasteiger partial charge in [-0.2, -0.15) is 0 Å². The van der Waals surface area contributed by atoms with Crippen LogP contribution in [0.15, 0.2) is 24.3 Å². The molecule has 1 aromatic carbocycles. The molecule has 0 aliphatic carbocycles. The molecule has 1 atom stereocenters. The number of carbonyl (C=O) groups is 1. The molecule has 1 heterocycles. The van der Waals surface area contributed by atoms with E-state index in [1.165, 1.54) is 12.1 Å². The summed E-state index contributed by atoms with van der Waals surface area (Å²) >= 11 is 0. The van der Waals surface area contributed by atoms with Crippen LogP contribution >= 0.6 is 0 Å². The van der Waals surface area contributed by atoms with Gasteiger partial charge in [-0.3, -0.25) is 14.9 Å². The van der Waals surface area contributed by atoms with Gasteiger partial charge in [0.25, 0.3) is 5.69 Å². The molecule has 108 valence electrons. The Morgan fingerprint density at radius 3 is 2.70 bits per heavy atom. The summed E-state index contributed by atoms with van der Waals surface area (Å²) in [7, 11) is 2.08. The molecule has 1 aromatic rings. The zero-order chi connectivity index (χ0) is 14.5. The second-order valence-electron chi connectivity index (χ2n) is 5.32. The van der Waals surface area contributed by atoms with Gasteiger partial charge in [-0.05, 0) is 31.5 Å². The lowest BCUT2D eigenvalue weighted by atomic mass is 10.1. The van der Waals surface area contributed by atoms with Gasteiger partial charge >= 0.3 is 0 Å². The Kier molecular flexibility index (Phi) is 4.68. The number of nitro groups is 1. The first-order valence-corrected chi connectivity index (χ1v) is 6.73. The summed E-state index contributed by atoms with van der Waals surface area (Å²) in [5.41, 5.74) is 0.833. The molecule has 0 bridgehead atoms. The minimum atomic E-state index is -0.444. The quantitative estimate of drug-likeness (QED) is 0.648. The van der Waals surface area contributed by atoms with Crippen LogP contribution in [0.2, 0.25) is 0 Å². The molecule has 1 unspecified atom stereocenters. The molecule has 1 aliphatic rings. The van der Waals surface area contributed by atoms with Gasteiger partial charge in [0.15, 0.2) is 0 Å². The van der Waals surface area contributed by atoms with E-state index in [2.05, 4.69) is 17.3 Å². The lowest BCUT2D eigenvalue weighted by molar-refractivity contribution is -0.384. The molecule has 1 saturated heterocycles. The van der Waals surface area contributed by atoms with Gasteiger partial charge in [-0.1, -0.05) is 12.1 Å². The number of carbonyl (C=O) groups excluding carboxylic acids is 1. The van der Waals surface area contributed by atoms with E-state index < -0.39 is 4.92 Å². The molecule has 0 spiro atoms. The van der Waals surface area contributed by atoms with E-state index in [-0.39, 0.29) is 18.0 Å². The van der Waals surface area contributed by atoms with Crippen molar-refractivity contribution < 1.29 is 9.72 Å². The monoisotopic (exact) mass is 277 g/mol. The van der Waals surface area contributed by atoms with Crippen LogP contribution in [0, 0.1) is 16.0 Å². The Morgan fingerprint density at radius 2 is 2.15 bits per heavy atom. The number of nitrogens with zero attached hydrogens (tertiary/aromatic N) is 2. The van der Waals surface area contributed by atoms with Crippen LogP contribution in [-0.4, -0.2) is 42.4 Å². The third kappa shape index (κ3) is 4.03. The Balaban J connectivity index is 1.77. The standard InChI is InChI=1S/C14H19N3O3/c1-16-7-6-12(10-16)9-15-14(18)8-11-2-4-13(5-3-11)17(19)20/h2-5,12H,6-10H2,1H3,(H,15,18). The van der Waals surface area contributed by atoms with Crippen molar-refractivity contribution in [1.29, 1.82) is 0 Å². The first kappa shape index (κ1) is 14.5. The smallest absolute Gasteiger partial charge is 0.269 e. The van der Waals surface area contributed by atoms with E-state index in [1.54, 1.807) is 12.1 Å². The topological polar surface area (TPSA) is 75.5 Å². The summed E-state index contributed by atoms with van der Waals surface area (Å²) in [6.07, 6.45) is 1.38. The summed E-state index contributed by atoms with van der Waals surface area (Å²) in [6, 6.07) is 6.10. The molecule has 6 heteroatoms. The van der Waals surface area contributed by atoms with Crippen molar-refractivity contribution in [2.45, 2.75) is 12.8 Å². The second-order valence-corrected chi connectivity index (χ2v) is 5.32. The Hall–Kier alpha value is -1.95. The molecular weight excluding hydrogens is 258 g/mol. The molecule has 0 radical (unpaired) electrons. The van der Waals surface area contributed by atoms with Crippen molar-refractivity contribution in [2.75, 3.05) is 26.7 Å². The third-order valence-electron chi connectivity index (χ3n) is 3.59. The number of non-ortho nitro benzene ring substituents is 1. The van der Waals surface area contributed by atoms with Gasteiger partial charge in [-0.15, -0.1) is 0 Å². The summed E-state index contributed by atoms with van der Waals surface area (Å²) in [6.45, 7) is 2.82. The lowest BCUT2D eigenvalue weighted by Crippen LogP contribution is -2.31. The van der Waals surface area contributed by atoms with Crippen molar-refractivity contribution >= 4 is 11.6 Å². The van der Waals surface area contributed by atoms with Crippen LogP contribution in [-0.2, 0) is 11.2 Å². The van der Waals surface area contributed by atoms with E-state index in [4.69, 9.17) is 0 Å². The number of rotatable bonds is 5. The summed E-state index contributed by atoms with van der Waals surface area (Å²) < 4.78 is 0. The van der Waals surface area contributed by atoms with Crippen LogP contribution in [0.4, 0.5) is 5.69 Å². The number of nitro benzene ring substituents is 1. The van der Waals surface area contributed by atoms with Gasteiger partial charge in [0.1, 0.15) is 0 Å². The highest BCUT2D eigenvalue weighted by molar-refractivity contribution is 5.78. The Labute approximate surface area is 117 Å². The van der Waals surface area contributed by atoms with E-state index in [9.17, 15) is 14.9 Å². The molecule has 6 nitrogen and oxygen atoms in total. The molecule has 1 fully saturated rings. The van der Waals surface area contributed by atoms with E-state index in [0.29, 0.717) is 12.5 Å². The van der Waals surface area contributed by atoms with Crippen molar-refractivity contribution in [3.05, 3.63) is 39.9 Å². The van der Waals surface area contributed by atoms with Crippen molar-refractivity contribution in [3.8, 4) is 0 Å². The molecule has 20 heavy (non-hydrogen) atoms. The van der Waals surface area contributed by atoms with E-state index in [0.717, 1.165) is 25.1 Å². The van der Waals surface area contributed by atoms with Gasteiger partial charge in [0.05, 0.1) is 11.3 Å². The van der Waals surface area contributed by atoms with Crippen molar-refractivity contribution in [3.63, 3.8) is 0 Å². The average molecular weight is 277 g/mol. The van der Waals surface area contributed by atoms with Crippen molar-refractivity contribution in [2.24, 2.45) is 5.92 Å². The first-order chi connectivity index (χ1) is 9.54.